The molecule has 1 unspecified atom stereocenters. The molecule has 0 aliphatic carbocycles. The smallest absolute Gasteiger partial charge is 0.322 e. The predicted octanol–water partition coefficient (Wildman–Crippen LogP) is 3.07. The van der Waals surface area contributed by atoms with Gasteiger partial charge in [0, 0.05) is 11.8 Å². The second kappa shape index (κ2) is 5.97. The molecule has 0 bridgehead atoms. The molecule has 120 valence electrons. The van der Waals surface area contributed by atoms with E-state index in [0.717, 1.165) is 10.5 Å². The Morgan fingerprint density at radius 2 is 1.77 bits per heavy atom. The third-order valence-corrected chi connectivity index (χ3v) is 5.23. The van der Waals surface area contributed by atoms with E-state index in [4.69, 9.17) is 4.84 Å². The van der Waals surface area contributed by atoms with Crippen molar-refractivity contribution in [3.05, 3.63) is 42.0 Å². The molecule has 1 aliphatic rings. The molecule has 0 aromatic heterocycles. The Balaban J connectivity index is 2.24. The van der Waals surface area contributed by atoms with Gasteiger partial charge in [-0.2, -0.15) is 0 Å². The van der Waals surface area contributed by atoms with Crippen molar-refractivity contribution >= 4 is 16.8 Å². The highest BCUT2D eigenvalue weighted by molar-refractivity contribution is 7.85. The van der Waals surface area contributed by atoms with Crippen LogP contribution in [0.5, 0.6) is 0 Å². The summed E-state index contributed by atoms with van der Waals surface area (Å²) in [5, 5.41) is 1.69. The van der Waals surface area contributed by atoms with Gasteiger partial charge < -0.3 is 4.84 Å². The van der Waals surface area contributed by atoms with Crippen LogP contribution in [0, 0.1) is 0 Å². The van der Waals surface area contributed by atoms with Crippen LogP contribution in [0.15, 0.2) is 46.9 Å². The summed E-state index contributed by atoms with van der Waals surface area (Å²) in [6.07, 6.45) is 2.05. The fourth-order valence-corrected chi connectivity index (χ4v) is 4.23. The van der Waals surface area contributed by atoms with Gasteiger partial charge in [0.05, 0.1) is 27.6 Å². The van der Waals surface area contributed by atoms with E-state index in [9.17, 15) is 9.00 Å². The summed E-state index contributed by atoms with van der Waals surface area (Å²) in [6, 6.07) is 9.42. The zero-order chi connectivity index (χ0) is 16.5. The number of rotatable bonds is 4. The second-order valence-corrected chi connectivity index (χ2v) is 8.01. The average Bonchev–Trinajstić information content (AvgIpc) is 2.59. The van der Waals surface area contributed by atoms with Crippen LogP contribution in [0.2, 0.25) is 0 Å². The minimum Gasteiger partial charge on any atom is -0.367 e. The molecule has 5 heteroatoms. The minimum absolute atomic E-state index is 0.347. The average molecular weight is 321 g/mol. The van der Waals surface area contributed by atoms with E-state index in [-0.39, 0.29) is 5.97 Å². The van der Waals surface area contributed by atoms with Crippen LogP contribution in [0.3, 0.4) is 0 Å². The molecule has 4 nitrogen and oxygen atoms in total. The van der Waals surface area contributed by atoms with Gasteiger partial charge in [-0.25, -0.2) is 0 Å². The van der Waals surface area contributed by atoms with Crippen LogP contribution in [0.4, 0.5) is 0 Å². The highest BCUT2D eigenvalue weighted by Gasteiger charge is 2.48. The van der Waals surface area contributed by atoms with Gasteiger partial charge in [-0.3, -0.25) is 9.00 Å². The van der Waals surface area contributed by atoms with Crippen molar-refractivity contribution in [2.75, 3.05) is 5.75 Å². The van der Waals surface area contributed by atoms with Gasteiger partial charge in [-0.15, -0.1) is 5.06 Å². The van der Waals surface area contributed by atoms with Crippen molar-refractivity contribution in [1.82, 2.24) is 5.06 Å². The molecule has 2 rings (SSSR count). The van der Waals surface area contributed by atoms with Gasteiger partial charge >= 0.3 is 5.97 Å². The molecule has 0 radical (unpaired) electrons. The van der Waals surface area contributed by atoms with E-state index in [1.807, 2.05) is 58.0 Å². The molecule has 0 saturated heterocycles. The maximum absolute atomic E-state index is 12.6. The molecular weight excluding hydrogens is 298 g/mol. The lowest BCUT2D eigenvalue weighted by atomic mass is 9.98. The lowest BCUT2D eigenvalue weighted by molar-refractivity contribution is -0.228. The van der Waals surface area contributed by atoms with Crippen molar-refractivity contribution < 1.29 is 13.8 Å². The van der Waals surface area contributed by atoms with Gasteiger partial charge in [-0.1, -0.05) is 24.3 Å². The van der Waals surface area contributed by atoms with E-state index >= 15 is 0 Å². The van der Waals surface area contributed by atoms with Crippen LogP contribution in [-0.2, 0) is 20.4 Å². The van der Waals surface area contributed by atoms with E-state index in [0.29, 0.717) is 5.75 Å². The second-order valence-electron chi connectivity index (χ2n) is 6.56. The summed E-state index contributed by atoms with van der Waals surface area (Å²) in [5.41, 5.74) is 0.103. The molecule has 1 aromatic rings. The molecule has 1 heterocycles. The molecular formula is C17H23NO3S. The zero-order valence-corrected chi connectivity index (χ0v) is 14.6. The third-order valence-electron chi connectivity index (χ3n) is 3.86. The molecule has 0 spiro atoms. The standard InChI is InChI=1S/C17H23NO3S/c1-13(19)21-18-16(2,3)11-14(17(18,4)5)12-22(20)15-9-7-6-8-10-15/h6-11H,12H2,1-5H3. The van der Waals surface area contributed by atoms with Gasteiger partial charge in [0.25, 0.3) is 0 Å². The van der Waals surface area contributed by atoms with Crippen LogP contribution in [0.25, 0.3) is 0 Å². The summed E-state index contributed by atoms with van der Waals surface area (Å²) >= 11 is 0. The van der Waals surface area contributed by atoms with E-state index in [1.54, 1.807) is 5.06 Å². The largest absolute Gasteiger partial charge is 0.367 e. The molecule has 1 atom stereocenters. The Morgan fingerprint density at radius 3 is 2.32 bits per heavy atom. The van der Waals surface area contributed by atoms with Crippen molar-refractivity contribution in [3.8, 4) is 0 Å². The Morgan fingerprint density at radius 1 is 1.18 bits per heavy atom. The fourth-order valence-electron chi connectivity index (χ4n) is 2.89. The Hall–Kier alpha value is -1.46. The quantitative estimate of drug-likeness (QED) is 0.800. The number of benzene rings is 1. The molecule has 0 amide bonds. The minimum atomic E-state index is -1.12. The number of hydrogen-bond acceptors (Lipinski definition) is 4. The first-order valence-corrected chi connectivity index (χ1v) is 8.61. The Labute approximate surface area is 134 Å². The van der Waals surface area contributed by atoms with E-state index in [2.05, 4.69) is 6.08 Å². The molecule has 1 aliphatic heterocycles. The first-order chi connectivity index (χ1) is 10.1. The molecule has 0 N–H and O–H groups in total. The van der Waals surface area contributed by atoms with Crippen molar-refractivity contribution in [1.29, 1.82) is 0 Å². The summed E-state index contributed by atoms with van der Waals surface area (Å²) in [6.45, 7) is 9.33. The van der Waals surface area contributed by atoms with E-state index in [1.165, 1.54) is 6.92 Å². The lowest BCUT2D eigenvalue weighted by Crippen LogP contribution is -2.51. The van der Waals surface area contributed by atoms with Gasteiger partial charge in [0.15, 0.2) is 0 Å². The SMILES string of the molecule is CC(=O)ON1C(C)(C)C=C(CS(=O)c2ccccc2)C1(C)C. The predicted molar refractivity (Wildman–Crippen MR) is 87.6 cm³/mol. The summed E-state index contributed by atoms with van der Waals surface area (Å²) in [7, 11) is -1.12. The Kier molecular flexibility index (Phi) is 4.59. The molecule has 1 aromatic carbocycles. The Bertz CT molecular complexity index is 620. The molecule has 22 heavy (non-hydrogen) atoms. The number of carbonyl (C=O) groups excluding carboxylic acids is 1. The molecule has 0 fully saturated rings. The molecule has 0 saturated carbocycles. The van der Waals surface area contributed by atoms with Gasteiger partial charge in [0.2, 0.25) is 0 Å². The first-order valence-electron chi connectivity index (χ1n) is 7.29. The maximum Gasteiger partial charge on any atom is 0.322 e. The highest BCUT2D eigenvalue weighted by atomic mass is 32.2. The number of hydroxylamine groups is 2. The topological polar surface area (TPSA) is 46.6 Å². The van der Waals surface area contributed by atoms with Crippen molar-refractivity contribution in [2.24, 2.45) is 0 Å². The van der Waals surface area contributed by atoms with Crippen LogP contribution in [-0.4, -0.2) is 32.1 Å². The van der Waals surface area contributed by atoms with Crippen LogP contribution >= 0.6 is 0 Å². The van der Waals surface area contributed by atoms with Gasteiger partial charge in [0.1, 0.15) is 0 Å². The van der Waals surface area contributed by atoms with Gasteiger partial charge in [-0.05, 0) is 45.4 Å². The van der Waals surface area contributed by atoms with Crippen molar-refractivity contribution in [2.45, 2.75) is 50.6 Å². The monoisotopic (exact) mass is 321 g/mol. The summed E-state index contributed by atoms with van der Waals surface area (Å²) in [5.74, 6) is 0.0815. The van der Waals surface area contributed by atoms with Crippen LogP contribution in [0.1, 0.15) is 34.6 Å². The summed E-state index contributed by atoms with van der Waals surface area (Å²) < 4.78 is 12.6. The number of hydrogen-bond donors (Lipinski definition) is 0. The fraction of sp³-hybridized carbons (Fsp3) is 0.471. The van der Waals surface area contributed by atoms with Crippen molar-refractivity contribution in [3.63, 3.8) is 0 Å². The number of nitrogens with zero attached hydrogens (tertiary/aromatic N) is 1. The van der Waals surface area contributed by atoms with Crippen LogP contribution < -0.4 is 0 Å². The first kappa shape index (κ1) is 16.9. The summed E-state index contributed by atoms with van der Waals surface area (Å²) in [4.78, 5) is 17.6. The zero-order valence-electron chi connectivity index (χ0n) is 13.8. The highest BCUT2D eigenvalue weighted by Crippen LogP contribution is 2.40. The normalized spacial score (nSPS) is 21.2. The third kappa shape index (κ3) is 3.31. The van der Waals surface area contributed by atoms with E-state index < -0.39 is 21.9 Å². The maximum atomic E-state index is 12.6. The lowest BCUT2D eigenvalue weighted by Gasteiger charge is -2.39. The number of carbonyl (C=O) groups is 1.